The maximum Gasteiger partial charge on any atom is -0.00771 e. The van der Waals surface area contributed by atoms with E-state index in [1.165, 1.54) is 51.4 Å². The number of fused-ring (bicyclic) bond motifs is 2. The summed E-state index contributed by atoms with van der Waals surface area (Å²) in [7, 11) is 0. The highest BCUT2D eigenvalue weighted by Crippen LogP contribution is 2.53. The highest BCUT2D eigenvalue weighted by molar-refractivity contribution is 4.92. The fourth-order valence-electron chi connectivity index (χ4n) is 3.40. The van der Waals surface area contributed by atoms with Crippen LogP contribution in [0.2, 0.25) is 0 Å². The third kappa shape index (κ3) is 1.52. The largest absolute Gasteiger partial charge is 0.330 e. The zero-order valence-corrected chi connectivity index (χ0v) is 8.02. The highest BCUT2D eigenvalue weighted by atomic mass is 14.5. The Balaban J connectivity index is 1.91. The lowest BCUT2D eigenvalue weighted by molar-refractivity contribution is 0.191. The topological polar surface area (TPSA) is 26.0 Å². The summed E-state index contributed by atoms with van der Waals surface area (Å²) in [5.41, 5.74) is 6.34. The van der Waals surface area contributed by atoms with E-state index in [4.69, 9.17) is 5.73 Å². The second-order valence-corrected chi connectivity index (χ2v) is 4.89. The van der Waals surface area contributed by atoms with Gasteiger partial charge in [0.1, 0.15) is 0 Å². The second-order valence-electron chi connectivity index (χ2n) is 4.89. The molecule has 0 aliphatic heterocycles. The van der Waals surface area contributed by atoms with Crippen LogP contribution in [0, 0.1) is 11.3 Å². The van der Waals surface area contributed by atoms with E-state index in [-0.39, 0.29) is 0 Å². The molecule has 1 nitrogen and oxygen atoms in total. The van der Waals surface area contributed by atoms with Crippen LogP contribution in [0.25, 0.3) is 0 Å². The molecular formula is C11H21N. The van der Waals surface area contributed by atoms with Crippen molar-refractivity contribution in [3.05, 3.63) is 0 Å². The Morgan fingerprint density at radius 2 is 2.17 bits per heavy atom. The smallest absolute Gasteiger partial charge is 0.00771 e. The summed E-state index contributed by atoms with van der Waals surface area (Å²) < 4.78 is 0. The van der Waals surface area contributed by atoms with Crippen LogP contribution >= 0.6 is 0 Å². The average molecular weight is 167 g/mol. The quantitative estimate of drug-likeness (QED) is 0.687. The molecule has 2 bridgehead atoms. The van der Waals surface area contributed by atoms with Gasteiger partial charge in [-0.15, -0.1) is 0 Å². The van der Waals surface area contributed by atoms with E-state index in [0.717, 1.165) is 17.9 Å². The predicted molar refractivity (Wildman–Crippen MR) is 51.9 cm³/mol. The Morgan fingerprint density at radius 1 is 1.25 bits per heavy atom. The molecule has 2 unspecified atom stereocenters. The standard InChI is InChI=1S/C11H21N/c12-8-2-6-11-5-1-3-10(9-11)4-7-11/h10H,1-9,12H2. The van der Waals surface area contributed by atoms with Crippen LogP contribution < -0.4 is 5.73 Å². The first-order valence-corrected chi connectivity index (χ1v) is 5.55. The van der Waals surface area contributed by atoms with Gasteiger partial charge in [-0.3, -0.25) is 0 Å². The predicted octanol–water partition coefficient (Wildman–Crippen LogP) is 2.70. The summed E-state index contributed by atoms with van der Waals surface area (Å²) in [6.45, 7) is 0.895. The number of hydrogen-bond acceptors (Lipinski definition) is 1. The van der Waals surface area contributed by atoms with E-state index < -0.39 is 0 Å². The van der Waals surface area contributed by atoms with Crippen LogP contribution in [0.5, 0.6) is 0 Å². The minimum Gasteiger partial charge on any atom is -0.330 e. The zero-order valence-electron chi connectivity index (χ0n) is 8.02. The number of rotatable bonds is 3. The molecule has 0 heterocycles. The molecule has 0 aromatic rings. The molecule has 2 saturated carbocycles. The van der Waals surface area contributed by atoms with Gasteiger partial charge >= 0.3 is 0 Å². The van der Waals surface area contributed by atoms with Gasteiger partial charge in [0.05, 0.1) is 0 Å². The van der Waals surface area contributed by atoms with Gasteiger partial charge in [0.15, 0.2) is 0 Å². The van der Waals surface area contributed by atoms with Gasteiger partial charge in [-0.1, -0.05) is 12.8 Å². The van der Waals surface area contributed by atoms with Crippen LogP contribution in [-0.4, -0.2) is 6.54 Å². The normalized spacial score (nSPS) is 40.2. The fraction of sp³-hybridized carbons (Fsp3) is 1.00. The van der Waals surface area contributed by atoms with E-state index in [1.807, 2.05) is 0 Å². The maximum absolute atomic E-state index is 5.57. The summed E-state index contributed by atoms with van der Waals surface area (Å²) >= 11 is 0. The van der Waals surface area contributed by atoms with Gasteiger partial charge in [0, 0.05) is 0 Å². The first kappa shape index (κ1) is 8.55. The van der Waals surface area contributed by atoms with Gasteiger partial charge in [0.2, 0.25) is 0 Å². The minimum atomic E-state index is 0.766. The minimum absolute atomic E-state index is 0.766. The van der Waals surface area contributed by atoms with Crippen molar-refractivity contribution in [2.45, 2.75) is 51.4 Å². The van der Waals surface area contributed by atoms with Crippen molar-refractivity contribution < 1.29 is 0 Å². The van der Waals surface area contributed by atoms with Gasteiger partial charge in [0.25, 0.3) is 0 Å². The Morgan fingerprint density at radius 3 is 3.00 bits per heavy atom. The van der Waals surface area contributed by atoms with E-state index in [9.17, 15) is 0 Å². The van der Waals surface area contributed by atoms with E-state index in [2.05, 4.69) is 0 Å². The van der Waals surface area contributed by atoms with Crippen LogP contribution in [0.1, 0.15) is 51.4 Å². The van der Waals surface area contributed by atoms with Crippen molar-refractivity contribution in [1.82, 2.24) is 0 Å². The molecule has 0 aromatic heterocycles. The van der Waals surface area contributed by atoms with Crippen molar-refractivity contribution >= 4 is 0 Å². The molecule has 2 rings (SSSR count). The van der Waals surface area contributed by atoms with Crippen LogP contribution in [0.3, 0.4) is 0 Å². The van der Waals surface area contributed by atoms with Crippen molar-refractivity contribution in [3.63, 3.8) is 0 Å². The Bertz CT molecular complexity index is 151. The molecule has 0 radical (unpaired) electrons. The molecule has 0 spiro atoms. The Hall–Kier alpha value is -0.0400. The highest BCUT2D eigenvalue weighted by Gasteiger charge is 2.40. The molecule has 2 aliphatic carbocycles. The third-order valence-corrected chi connectivity index (χ3v) is 4.04. The molecule has 2 aliphatic rings. The monoisotopic (exact) mass is 167 g/mol. The molecule has 12 heavy (non-hydrogen) atoms. The van der Waals surface area contributed by atoms with Crippen molar-refractivity contribution in [2.75, 3.05) is 6.54 Å². The third-order valence-electron chi connectivity index (χ3n) is 4.04. The fourth-order valence-corrected chi connectivity index (χ4v) is 3.40. The van der Waals surface area contributed by atoms with E-state index in [1.54, 1.807) is 0 Å². The van der Waals surface area contributed by atoms with Gasteiger partial charge in [-0.05, 0) is 56.4 Å². The summed E-state index contributed by atoms with van der Waals surface area (Å²) in [6.07, 6.45) is 11.8. The summed E-state index contributed by atoms with van der Waals surface area (Å²) in [5, 5.41) is 0. The number of hydrogen-bond donors (Lipinski definition) is 1. The molecule has 0 saturated heterocycles. The first-order valence-electron chi connectivity index (χ1n) is 5.55. The Labute approximate surface area is 75.7 Å². The van der Waals surface area contributed by atoms with Gasteiger partial charge in [-0.2, -0.15) is 0 Å². The van der Waals surface area contributed by atoms with Gasteiger partial charge in [-0.25, -0.2) is 0 Å². The lowest BCUT2D eigenvalue weighted by Crippen LogP contribution is -2.21. The van der Waals surface area contributed by atoms with E-state index >= 15 is 0 Å². The zero-order chi connectivity index (χ0) is 8.44. The molecule has 70 valence electrons. The van der Waals surface area contributed by atoms with Crippen molar-refractivity contribution in [3.8, 4) is 0 Å². The molecule has 2 atom stereocenters. The molecule has 0 aromatic carbocycles. The van der Waals surface area contributed by atoms with Crippen LogP contribution in [-0.2, 0) is 0 Å². The Kier molecular flexibility index (Phi) is 2.40. The van der Waals surface area contributed by atoms with Gasteiger partial charge < -0.3 is 5.73 Å². The second kappa shape index (κ2) is 3.37. The lowest BCUT2D eigenvalue weighted by atomic mass is 9.73. The van der Waals surface area contributed by atoms with E-state index in [0.29, 0.717) is 0 Å². The summed E-state index contributed by atoms with van der Waals surface area (Å²) in [5.74, 6) is 1.09. The summed E-state index contributed by atoms with van der Waals surface area (Å²) in [6, 6.07) is 0. The lowest BCUT2D eigenvalue weighted by Gasteiger charge is -2.33. The maximum atomic E-state index is 5.57. The van der Waals surface area contributed by atoms with Crippen molar-refractivity contribution in [2.24, 2.45) is 17.1 Å². The molecule has 2 N–H and O–H groups in total. The molecule has 1 heteroatoms. The van der Waals surface area contributed by atoms with Crippen molar-refractivity contribution in [1.29, 1.82) is 0 Å². The molecule has 2 fully saturated rings. The molecular weight excluding hydrogens is 146 g/mol. The van der Waals surface area contributed by atoms with Crippen LogP contribution in [0.4, 0.5) is 0 Å². The SMILES string of the molecule is NCCCC12CCCC(CC1)C2. The average Bonchev–Trinajstić information content (AvgIpc) is 2.40. The molecule has 0 amide bonds. The summed E-state index contributed by atoms with van der Waals surface area (Å²) in [4.78, 5) is 0. The first-order chi connectivity index (χ1) is 5.85. The van der Waals surface area contributed by atoms with Crippen LogP contribution in [0.15, 0.2) is 0 Å². The number of nitrogens with two attached hydrogens (primary N) is 1.